The highest BCUT2D eigenvalue weighted by Gasteiger charge is 2.25. The first-order valence-corrected chi connectivity index (χ1v) is 7.29. The van der Waals surface area contributed by atoms with E-state index in [4.69, 9.17) is 5.11 Å². The first-order valence-electron chi connectivity index (χ1n) is 6.14. The van der Waals surface area contributed by atoms with Crippen molar-refractivity contribution in [3.8, 4) is 0 Å². The number of benzene rings is 1. The highest BCUT2D eigenvalue weighted by Crippen LogP contribution is 2.23. The van der Waals surface area contributed by atoms with E-state index in [0.717, 1.165) is 24.0 Å². The number of carbonyl (C=O) groups is 2. The molecule has 2 amide bonds. The average molecular weight is 298 g/mol. The van der Waals surface area contributed by atoms with Crippen LogP contribution in [0.15, 0.2) is 18.2 Å². The van der Waals surface area contributed by atoms with Gasteiger partial charge in [-0.05, 0) is 24.3 Å². The number of urea groups is 1. The van der Waals surface area contributed by atoms with E-state index in [0.29, 0.717) is 0 Å². The molecule has 1 fully saturated rings. The van der Waals surface area contributed by atoms with Crippen molar-refractivity contribution >= 4 is 29.4 Å². The van der Waals surface area contributed by atoms with E-state index in [2.05, 4.69) is 5.32 Å². The first kappa shape index (κ1) is 14.6. The SMILES string of the molecule is CN(C(=O)Nc1cccc(F)c1C(=O)O)C1CCSC1. The van der Waals surface area contributed by atoms with Gasteiger partial charge in [0.15, 0.2) is 0 Å². The molecule has 0 radical (unpaired) electrons. The van der Waals surface area contributed by atoms with Crippen molar-refractivity contribution in [1.29, 1.82) is 0 Å². The van der Waals surface area contributed by atoms with Crippen molar-refractivity contribution in [3.05, 3.63) is 29.6 Å². The molecule has 5 nitrogen and oxygen atoms in total. The van der Waals surface area contributed by atoms with Crippen LogP contribution in [0.4, 0.5) is 14.9 Å². The predicted molar refractivity (Wildman–Crippen MR) is 75.9 cm³/mol. The van der Waals surface area contributed by atoms with Crippen LogP contribution in [0.5, 0.6) is 0 Å². The smallest absolute Gasteiger partial charge is 0.340 e. The molecule has 2 N–H and O–H groups in total. The minimum Gasteiger partial charge on any atom is -0.478 e. The van der Waals surface area contributed by atoms with Crippen LogP contribution in [0.2, 0.25) is 0 Å². The average Bonchev–Trinajstić information content (AvgIpc) is 2.91. The number of rotatable bonds is 3. The number of anilines is 1. The topological polar surface area (TPSA) is 69.6 Å². The molecular formula is C13H15FN2O3S. The summed E-state index contributed by atoms with van der Waals surface area (Å²) in [6.45, 7) is 0. The summed E-state index contributed by atoms with van der Waals surface area (Å²) < 4.78 is 13.5. The van der Waals surface area contributed by atoms with Gasteiger partial charge in [-0.15, -0.1) is 0 Å². The maximum absolute atomic E-state index is 13.5. The minimum absolute atomic E-state index is 0.0278. The van der Waals surface area contributed by atoms with Gasteiger partial charge in [0.2, 0.25) is 0 Å². The Morgan fingerprint density at radius 2 is 2.25 bits per heavy atom. The zero-order valence-electron chi connectivity index (χ0n) is 10.9. The summed E-state index contributed by atoms with van der Waals surface area (Å²) in [5.41, 5.74) is -0.546. The van der Waals surface area contributed by atoms with Gasteiger partial charge < -0.3 is 15.3 Å². The third kappa shape index (κ3) is 3.04. The van der Waals surface area contributed by atoms with E-state index in [1.165, 1.54) is 17.0 Å². The zero-order chi connectivity index (χ0) is 14.7. The largest absolute Gasteiger partial charge is 0.478 e. The lowest BCUT2D eigenvalue weighted by Gasteiger charge is -2.24. The number of amides is 2. The van der Waals surface area contributed by atoms with Gasteiger partial charge in [0.1, 0.15) is 11.4 Å². The fourth-order valence-corrected chi connectivity index (χ4v) is 3.31. The fraction of sp³-hybridized carbons (Fsp3) is 0.385. The van der Waals surface area contributed by atoms with E-state index in [-0.39, 0.29) is 11.7 Å². The van der Waals surface area contributed by atoms with Crippen LogP contribution in [0.1, 0.15) is 16.8 Å². The third-order valence-electron chi connectivity index (χ3n) is 3.24. The van der Waals surface area contributed by atoms with E-state index in [1.54, 1.807) is 18.8 Å². The number of thioether (sulfide) groups is 1. The number of hydrogen-bond acceptors (Lipinski definition) is 3. The maximum atomic E-state index is 13.5. The van der Waals surface area contributed by atoms with Crippen molar-refractivity contribution in [3.63, 3.8) is 0 Å². The standard InChI is InChI=1S/C13H15FN2O3S/c1-16(8-5-6-20-7-8)13(19)15-10-4-2-3-9(14)11(10)12(17)18/h2-4,8H,5-7H2,1H3,(H,15,19)(H,17,18). The number of nitrogens with zero attached hydrogens (tertiary/aromatic N) is 1. The Morgan fingerprint density at radius 1 is 1.50 bits per heavy atom. The molecule has 1 atom stereocenters. The minimum atomic E-state index is -1.41. The van der Waals surface area contributed by atoms with Crippen LogP contribution >= 0.6 is 11.8 Å². The number of hydrogen-bond donors (Lipinski definition) is 2. The third-order valence-corrected chi connectivity index (χ3v) is 4.39. The predicted octanol–water partition coefficient (Wildman–Crippen LogP) is 2.49. The molecule has 1 aliphatic rings. The monoisotopic (exact) mass is 298 g/mol. The van der Waals surface area contributed by atoms with Gasteiger partial charge in [0.05, 0.1) is 5.69 Å². The lowest BCUT2D eigenvalue weighted by Crippen LogP contribution is -2.40. The lowest BCUT2D eigenvalue weighted by atomic mass is 10.1. The summed E-state index contributed by atoms with van der Waals surface area (Å²) in [7, 11) is 1.66. The van der Waals surface area contributed by atoms with Crippen LogP contribution in [0.3, 0.4) is 0 Å². The number of carboxylic acid groups (broad SMARTS) is 1. The van der Waals surface area contributed by atoms with Crippen molar-refractivity contribution in [2.45, 2.75) is 12.5 Å². The molecule has 1 saturated heterocycles. The number of halogens is 1. The summed E-state index contributed by atoms with van der Waals surface area (Å²) in [5, 5.41) is 11.5. The van der Waals surface area contributed by atoms with E-state index in [9.17, 15) is 14.0 Å². The van der Waals surface area contributed by atoms with Crippen molar-refractivity contribution < 1.29 is 19.1 Å². The van der Waals surface area contributed by atoms with Gasteiger partial charge in [-0.1, -0.05) is 6.07 Å². The molecule has 0 aliphatic carbocycles. The van der Waals surface area contributed by atoms with Gasteiger partial charge in [0.25, 0.3) is 0 Å². The van der Waals surface area contributed by atoms with Crippen molar-refractivity contribution in [1.82, 2.24) is 4.90 Å². The molecule has 0 spiro atoms. The summed E-state index contributed by atoms with van der Waals surface area (Å²) >= 11 is 1.77. The first-order chi connectivity index (χ1) is 9.50. The van der Waals surface area contributed by atoms with Crippen LogP contribution in [0, 0.1) is 5.82 Å². The van der Waals surface area contributed by atoms with Gasteiger partial charge >= 0.3 is 12.0 Å². The van der Waals surface area contributed by atoms with Gasteiger partial charge in [0, 0.05) is 18.8 Å². The number of carbonyl (C=O) groups excluding carboxylic acids is 1. The zero-order valence-corrected chi connectivity index (χ0v) is 11.7. The lowest BCUT2D eigenvalue weighted by molar-refractivity contribution is 0.0693. The summed E-state index contributed by atoms with van der Waals surface area (Å²) in [6.07, 6.45) is 0.906. The quantitative estimate of drug-likeness (QED) is 0.899. The Morgan fingerprint density at radius 3 is 2.85 bits per heavy atom. The van der Waals surface area contributed by atoms with Crippen LogP contribution in [-0.2, 0) is 0 Å². The van der Waals surface area contributed by atoms with E-state index >= 15 is 0 Å². The molecule has 1 aromatic rings. The maximum Gasteiger partial charge on any atom is 0.340 e. The van der Waals surface area contributed by atoms with Crippen LogP contribution in [-0.4, -0.2) is 46.6 Å². The highest BCUT2D eigenvalue weighted by atomic mass is 32.2. The molecular weight excluding hydrogens is 283 g/mol. The molecule has 1 aliphatic heterocycles. The van der Waals surface area contributed by atoms with Crippen LogP contribution in [0.25, 0.3) is 0 Å². The molecule has 1 aromatic carbocycles. The van der Waals surface area contributed by atoms with E-state index < -0.39 is 23.4 Å². The Hall–Kier alpha value is -1.76. The number of carboxylic acids is 1. The number of nitrogens with one attached hydrogen (secondary N) is 1. The van der Waals surface area contributed by atoms with Gasteiger partial charge in [-0.25, -0.2) is 14.0 Å². The second-order valence-electron chi connectivity index (χ2n) is 4.53. The summed E-state index contributed by atoms with van der Waals surface area (Å²) in [5.74, 6) is -0.409. The normalized spacial score (nSPS) is 17.8. The Labute approximate surface area is 120 Å². The summed E-state index contributed by atoms with van der Waals surface area (Å²) in [6, 6.07) is 3.49. The van der Waals surface area contributed by atoms with Gasteiger partial charge in [-0.3, -0.25) is 0 Å². The summed E-state index contributed by atoms with van der Waals surface area (Å²) in [4.78, 5) is 24.7. The van der Waals surface area contributed by atoms with Crippen molar-refractivity contribution in [2.75, 3.05) is 23.9 Å². The molecule has 2 rings (SSSR count). The molecule has 0 saturated carbocycles. The molecule has 1 unspecified atom stereocenters. The van der Waals surface area contributed by atoms with Gasteiger partial charge in [-0.2, -0.15) is 11.8 Å². The highest BCUT2D eigenvalue weighted by molar-refractivity contribution is 7.99. The number of aromatic carboxylic acids is 1. The molecule has 7 heteroatoms. The fourth-order valence-electron chi connectivity index (χ4n) is 2.04. The molecule has 0 bridgehead atoms. The Kier molecular flexibility index (Phi) is 4.49. The molecule has 20 heavy (non-hydrogen) atoms. The second kappa shape index (κ2) is 6.13. The van der Waals surface area contributed by atoms with Crippen LogP contribution < -0.4 is 5.32 Å². The Bertz CT molecular complexity index is 532. The van der Waals surface area contributed by atoms with Crippen molar-refractivity contribution in [2.24, 2.45) is 0 Å². The Balaban J connectivity index is 2.15. The van der Waals surface area contributed by atoms with E-state index in [1.807, 2.05) is 0 Å². The molecule has 0 aromatic heterocycles. The molecule has 108 valence electrons. The second-order valence-corrected chi connectivity index (χ2v) is 5.68. The molecule has 1 heterocycles.